The molecule has 0 saturated heterocycles. The average molecular weight is 277 g/mol. The highest BCUT2D eigenvalue weighted by Gasteiger charge is 2.07. The molecule has 0 radical (unpaired) electrons. The van der Waals surface area contributed by atoms with Crippen LogP contribution in [0.2, 0.25) is 0 Å². The quantitative estimate of drug-likeness (QED) is 0.766. The van der Waals surface area contributed by atoms with Crippen LogP contribution in [0.1, 0.15) is 19.0 Å². The van der Waals surface area contributed by atoms with Crippen LogP contribution in [0.15, 0.2) is 48.5 Å². The lowest BCUT2D eigenvalue weighted by atomic mass is 10.0. The molecule has 0 saturated carbocycles. The zero-order chi connectivity index (χ0) is 14.7. The van der Waals surface area contributed by atoms with Gasteiger partial charge >= 0.3 is 0 Å². The SMILES string of the molecule is CCCNc1nc(C)cc(-c2cccc3ccccc23)n1. The number of anilines is 1. The Morgan fingerprint density at radius 3 is 2.67 bits per heavy atom. The van der Waals surface area contributed by atoms with E-state index in [1.165, 1.54) is 10.8 Å². The molecule has 0 amide bonds. The first-order chi connectivity index (χ1) is 10.3. The third-order valence-electron chi connectivity index (χ3n) is 3.45. The topological polar surface area (TPSA) is 37.8 Å². The van der Waals surface area contributed by atoms with Crippen LogP contribution in [0, 0.1) is 6.92 Å². The molecule has 0 fully saturated rings. The predicted octanol–water partition coefficient (Wildman–Crippen LogP) is 4.43. The number of nitrogens with zero attached hydrogens (tertiary/aromatic N) is 2. The number of rotatable bonds is 4. The maximum atomic E-state index is 4.67. The van der Waals surface area contributed by atoms with E-state index >= 15 is 0 Å². The molecule has 3 nitrogen and oxygen atoms in total. The normalized spacial score (nSPS) is 10.8. The van der Waals surface area contributed by atoms with Gasteiger partial charge in [0.15, 0.2) is 0 Å². The van der Waals surface area contributed by atoms with E-state index in [-0.39, 0.29) is 0 Å². The van der Waals surface area contributed by atoms with Crippen LogP contribution in [0.5, 0.6) is 0 Å². The van der Waals surface area contributed by atoms with Crippen LogP contribution in [0.25, 0.3) is 22.0 Å². The van der Waals surface area contributed by atoms with Crippen LogP contribution in [-0.4, -0.2) is 16.5 Å². The molecule has 0 unspecified atom stereocenters. The van der Waals surface area contributed by atoms with Crippen molar-refractivity contribution in [3.63, 3.8) is 0 Å². The highest BCUT2D eigenvalue weighted by Crippen LogP contribution is 2.28. The van der Waals surface area contributed by atoms with E-state index in [4.69, 9.17) is 0 Å². The maximum absolute atomic E-state index is 4.67. The number of aromatic nitrogens is 2. The van der Waals surface area contributed by atoms with Crippen molar-refractivity contribution in [1.82, 2.24) is 9.97 Å². The fourth-order valence-electron chi connectivity index (χ4n) is 2.47. The molecule has 3 heteroatoms. The lowest BCUT2D eigenvalue weighted by Gasteiger charge is -2.09. The predicted molar refractivity (Wildman–Crippen MR) is 88.5 cm³/mol. The van der Waals surface area contributed by atoms with E-state index in [1.54, 1.807) is 0 Å². The Morgan fingerprint density at radius 1 is 1.00 bits per heavy atom. The first-order valence-electron chi connectivity index (χ1n) is 7.35. The summed E-state index contributed by atoms with van der Waals surface area (Å²) in [7, 11) is 0. The first kappa shape index (κ1) is 13.6. The number of aryl methyl sites for hydroxylation is 1. The molecule has 1 aromatic heterocycles. The molecule has 3 aromatic rings. The van der Waals surface area contributed by atoms with Crippen LogP contribution in [0.3, 0.4) is 0 Å². The van der Waals surface area contributed by atoms with Gasteiger partial charge in [-0.2, -0.15) is 0 Å². The van der Waals surface area contributed by atoms with Crippen molar-refractivity contribution in [2.75, 3.05) is 11.9 Å². The number of hydrogen-bond donors (Lipinski definition) is 1. The summed E-state index contributed by atoms with van der Waals surface area (Å²) >= 11 is 0. The molecule has 0 aliphatic carbocycles. The Morgan fingerprint density at radius 2 is 1.81 bits per heavy atom. The molecule has 1 heterocycles. The zero-order valence-corrected chi connectivity index (χ0v) is 12.4. The van der Waals surface area contributed by atoms with Gasteiger partial charge in [-0.25, -0.2) is 9.97 Å². The molecule has 3 rings (SSSR count). The molecular formula is C18H19N3. The minimum atomic E-state index is 0.708. The summed E-state index contributed by atoms with van der Waals surface area (Å²) in [5.41, 5.74) is 3.10. The van der Waals surface area contributed by atoms with E-state index in [0.29, 0.717) is 5.95 Å². The maximum Gasteiger partial charge on any atom is 0.223 e. The zero-order valence-electron chi connectivity index (χ0n) is 12.4. The highest BCUT2D eigenvalue weighted by molar-refractivity contribution is 5.95. The Kier molecular flexibility index (Phi) is 3.82. The number of hydrogen-bond acceptors (Lipinski definition) is 3. The van der Waals surface area contributed by atoms with Crippen molar-refractivity contribution in [2.45, 2.75) is 20.3 Å². The third-order valence-corrected chi connectivity index (χ3v) is 3.45. The Balaban J connectivity index is 2.12. The molecule has 0 aliphatic heterocycles. The summed E-state index contributed by atoms with van der Waals surface area (Å²) < 4.78 is 0. The number of nitrogens with one attached hydrogen (secondary N) is 1. The van der Waals surface area contributed by atoms with E-state index in [2.05, 4.69) is 64.7 Å². The second-order valence-corrected chi connectivity index (χ2v) is 5.17. The van der Waals surface area contributed by atoms with Gasteiger partial charge < -0.3 is 5.32 Å². The highest BCUT2D eigenvalue weighted by atomic mass is 15.1. The fourth-order valence-corrected chi connectivity index (χ4v) is 2.47. The number of benzene rings is 2. The van der Waals surface area contributed by atoms with Gasteiger partial charge in [0.2, 0.25) is 5.95 Å². The lowest BCUT2D eigenvalue weighted by molar-refractivity contribution is 0.947. The van der Waals surface area contributed by atoms with Gasteiger partial charge in [-0.05, 0) is 30.2 Å². The van der Waals surface area contributed by atoms with Gasteiger partial charge in [0, 0.05) is 17.8 Å². The standard InChI is InChI=1S/C18H19N3/c1-3-11-19-18-20-13(2)12-17(21-18)16-10-6-8-14-7-4-5-9-15(14)16/h4-10,12H,3,11H2,1-2H3,(H,19,20,21). The largest absolute Gasteiger partial charge is 0.354 e. The molecule has 2 aromatic carbocycles. The van der Waals surface area contributed by atoms with Crippen LogP contribution >= 0.6 is 0 Å². The summed E-state index contributed by atoms with van der Waals surface area (Å²) in [5.74, 6) is 0.708. The van der Waals surface area contributed by atoms with E-state index in [9.17, 15) is 0 Å². The van der Waals surface area contributed by atoms with Gasteiger partial charge in [-0.15, -0.1) is 0 Å². The third kappa shape index (κ3) is 2.87. The van der Waals surface area contributed by atoms with Crippen LogP contribution < -0.4 is 5.32 Å². The molecule has 0 bridgehead atoms. The molecule has 1 N–H and O–H groups in total. The Hall–Kier alpha value is -2.42. The Labute approximate surface area is 125 Å². The average Bonchev–Trinajstić information content (AvgIpc) is 2.52. The van der Waals surface area contributed by atoms with Crippen molar-refractivity contribution in [3.05, 3.63) is 54.2 Å². The van der Waals surface area contributed by atoms with Gasteiger partial charge in [0.05, 0.1) is 5.69 Å². The summed E-state index contributed by atoms with van der Waals surface area (Å²) in [6.07, 6.45) is 1.06. The van der Waals surface area contributed by atoms with Crippen molar-refractivity contribution in [2.24, 2.45) is 0 Å². The van der Waals surface area contributed by atoms with E-state index in [1.807, 2.05) is 13.0 Å². The van der Waals surface area contributed by atoms with Gasteiger partial charge in [0.25, 0.3) is 0 Å². The second-order valence-electron chi connectivity index (χ2n) is 5.17. The van der Waals surface area contributed by atoms with Crippen molar-refractivity contribution >= 4 is 16.7 Å². The van der Waals surface area contributed by atoms with Crippen molar-refractivity contribution in [3.8, 4) is 11.3 Å². The fraction of sp³-hybridized carbons (Fsp3) is 0.222. The second kappa shape index (κ2) is 5.92. The summed E-state index contributed by atoms with van der Waals surface area (Å²) in [6.45, 7) is 5.03. The van der Waals surface area contributed by atoms with Gasteiger partial charge in [-0.3, -0.25) is 0 Å². The summed E-state index contributed by atoms with van der Waals surface area (Å²) in [4.78, 5) is 9.12. The molecule has 106 valence electrons. The summed E-state index contributed by atoms with van der Waals surface area (Å²) in [5, 5.41) is 5.72. The van der Waals surface area contributed by atoms with E-state index in [0.717, 1.165) is 29.9 Å². The number of fused-ring (bicyclic) bond motifs is 1. The first-order valence-corrected chi connectivity index (χ1v) is 7.35. The van der Waals surface area contributed by atoms with Crippen LogP contribution in [-0.2, 0) is 0 Å². The molecule has 0 atom stereocenters. The molecule has 21 heavy (non-hydrogen) atoms. The Bertz CT molecular complexity index is 760. The monoisotopic (exact) mass is 277 g/mol. The molecule has 0 aliphatic rings. The smallest absolute Gasteiger partial charge is 0.223 e. The minimum Gasteiger partial charge on any atom is -0.354 e. The summed E-state index contributed by atoms with van der Waals surface area (Å²) in [6, 6.07) is 16.8. The molecule has 0 spiro atoms. The van der Waals surface area contributed by atoms with E-state index < -0.39 is 0 Å². The van der Waals surface area contributed by atoms with Crippen molar-refractivity contribution < 1.29 is 0 Å². The molecular weight excluding hydrogens is 258 g/mol. The van der Waals surface area contributed by atoms with Crippen LogP contribution in [0.4, 0.5) is 5.95 Å². The lowest BCUT2D eigenvalue weighted by Crippen LogP contribution is -2.05. The van der Waals surface area contributed by atoms with Gasteiger partial charge in [0.1, 0.15) is 0 Å². The van der Waals surface area contributed by atoms with Gasteiger partial charge in [-0.1, -0.05) is 49.4 Å². The van der Waals surface area contributed by atoms with Crippen molar-refractivity contribution in [1.29, 1.82) is 0 Å². The minimum absolute atomic E-state index is 0.708.